The number of alkyl halides is 1. The van der Waals surface area contributed by atoms with Crippen molar-refractivity contribution in [1.29, 1.82) is 0 Å². The maximum Gasteiger partial charge on any atom is 0.304 e. The van der Waals surface area contributed by atoms with Crippen molar-refractivity contribution in [3.63, 3.8) is 0 Å². The van der Waals surface area contributed by atoms with Gasteiger partial charge in [0.15, 0.2) is 0 Å². The maximum atomic E-state index is 10.4. The van der Waals surface area contributed by atoms with Crippen LogP contribution >= 0.6 is 34.8 Å². The molecule has 0 heterocycles. The first-order valence-electron chi connectivity index (χ1n) is 5.39. The molecule has 3 nitrogen and oxygen atoms in total. The third-order valence-electron chi connectivity index (χ3n) is 2.48. The van der Waals surface area contributed by atoms with E-state index < -0.39 is 5.97 Å². The number of carboxylic acids is 1. The van der Waals surface area contributed by atoms with Gasteiger partial charge in [-0.2, -0.15) is 0 Å². The number of carboxylic acid groups (broad SMARTS) is 1. The van der Waals surface area contributed by atoms with Gasteiger partial charge < -0.3 is 10.0 Å². The normalized spacial score (nSPS) is 12.7. The first kappa shape index (κ1) is 15.6. The molecule has 0 saturated heterocycles. The fourth-order valence-electron chi connectivity index (χ4n) is 1.46. The van der Waals surface area contributed by atoms with Gasteiger partial charge in [0, 0.05) is 13.1 Å². The van der Waals surface area contributed by atoms with E-state index in [1.54, 1.807) is 12.1 Å². The van der Waals surface area contributed by atoms with E-state index in [1.165, 1.54) is 0 Å². The third-order valence-corrected chi connectivity index (χ3v) is 3.61. The smallest absolute Gasteiger partial charge is 0.304 e. The number of hydrogen-bond donors (Lipinski definition) is 1. The predicted octanol–water partition coefficient (Wildman–Crippen LogP) is 3.68. The third kappa shape index (κ3) is 5.02. The van der Waals surface area contributed by atoms with E-state index in [-0.39, 0.29) is 11.8 Å². The van der Waals surface area contributed by atoms with E-state index >= 15 is 0 Å². The Labute approximate surface area is 121 Å². The molecule has 0 aliphatic rings. The van der Waals surface area contributed by atoms with Crippen molar-refractivity contribution in [2.75, 3.05) is 20.1 Å². The van der Waals surface area contributed by atoms with Gasteiger partial charge in [-0.1, -0.05) is 29.3 Å². The molecule has 0 aliphatic heterocycles. The molecule has 1 unspecified atom stereocenters. The summed E-state index contributed by atoms with van der Waals surface area (Å²) in [4.78, 5) is 12.3. The summed E-state index contributed by atoms with van der Waals surface area (Å²) in [5.41, 5.74) is 0.869. The first-order chi connectivity index (χ1) is 8.40. The summed E-state index contributed by atoms with van der Waals surface area (Å²) in [7, 11) is 1.83. The molecule has 6 heteroatoms. The molecule has 0 aromatic heterocycles. The first-order valence-corrected chi connectivity index (χ1v) is 6.58. The molecule has 1 N–H and O–H groups in total. The van der Waals surface area contributed by atoms with E-state index in [9.17, 15) is 4.79 Å². The predicted molar refractivity (Wildman–Crippen MR) is 74.8 cm³/mol. The Morgan fingerprint density at radius 3 is 2.61 bits per heavy atom. The van der Waals surface area contributed by atoms with Crippen molar-refractivity contribution in [2.45, 2.75) is 11.8 Å². The van der Waals surface area contributed by atoms with E-state index in [0.717, 1.165) is 5.56 Å². The Hall–Kier alpha value is -0.480. The zero-order chi connectivity index (χ0) is 13.7. The van der Waals surface area contributed by atoms with Gasteiger partial charge in [-0.3, -0.25) is 4.79 Å². The molecule has 0 aliphatic carbocycles. The highest BCUT2D eigenvalue weighted by molar-refractivity contribution is 6.42. The molecule has 0 radical (unpaired) electrons. The highest BCUT2D eigenvalue weighted by Gasteiger charge is 2.13. The fourth-order valence-corrected chi connectivity index (χ4v) is 2.14. The summed E-state index contributed by atoms with van der Waals surface area (Å²) in [5, 5.41) is 9.29. The lowest BCUT2D eigenvalue weighted by Gasteiger charge is -2.19. The average molecular weight is 311 g/mol. The molecule has 1 atom stereocenters. The van der Waals surface area contributed by atoms with Gasteiger partial charge >= 0.3 is 5.97 Å². The Kier molecular flexibility index (Phi) is 6.22. The highest BCUT2D eigenvalue weighted by atomic mass is 35.5. The number of halogens is 3. The monoisotopic (exact) mass is 309 g/mol. The van der Waals surface area contributed by atoms with Crippen molar-refractivity contribution in [3.05, 3.63) is 33.8 Å². The zero-order valence-corrected chi connectivity index (χ0v) is 12.1. The van der Waals surface area contributed by atoms with Crippen molar-refractivity contribution in [1.82, 2.24) is 4.90 Å². The minimum absolute atomic E-state index is 0.0987. The summed E-state index contributed by atoms with van der Waals surface area (Å²) in [6, 6.07) is 5.25. The molecule has 100 valence electrons. The van der Waals surface area contributed by atoms with Crippen LogP contribution in [0.5, 0.6) is 0 Å². The zero-order valence-electron chi connectivity index (χ0n) is 9.87. The molecule has 1 rings (SSSR count). The number of likely N-dealkylation sites (N-methyl/N-ethyl adjacent to an activating group) is 1. The second-order valence-electron chi connectivity index (χ2n) is 4.05. The molecule has 0 fully saturated rings. The van der Waals surface area contributed by atoms with Gasteiger partial charge in [0.1, 0.15) is 0 Å². The van der Waals surface area contributed by atoms with Crippen LogP contribution in [0.4, 0.5) is 0 Å². The molecule has 1 aromatic carbocycles. The van der Waals surface area contributed by atoms with Gasteiger partial charge in [0.2, 0.25) is 0 Å². The summed E-state index contributed by atoms with van der Waals surface area (Å²) in [6.07, 6.45) is 0.0987. The standard InChI is InChI=1S/C12H14Cl3NO2/c1-16(5-4-12(17)18)7-11(15)8-2-3-9(13)10(14)6-8/h2-3,6,11H,4-5,7H2,1H3,(H,17,18). The van der Waals surface area contributed by atoms with E-state index in [2.05, 4.69) is 0 Å². The molecule has 1 aromatic rings. The lowest BCUT2D eigenvalue weighted by molar-refractivity contribution is -0.137. The lowest BCUT2D eigenvalue weighted by atomic mass is 10.1. The molecule has 0 spiro atoms. The Bertz CT molecular complexity index is 426. The van der Waals surface area contributed by atoms with Crippen LogP contribution in [-0.2, 0) is 4.79 Å². The quantitative estimate of drug-likeness (QED) is 0.815. The van der Waals surface area contributed by atoms with E-state index in [1.807, 2.05) is 18.0 Å². The summed E-state index contributed by atoms with van der Waals surface area (Å²) < 4.78 is 0. The Morgan fingerprint density at radius 2 is 2.06 bits per heavy atom. The van der Waals surface area contributed by atoms with Gasteiger partial charge in [-0.05, 0) is 24.7 Å². The largest absolute Gasteiger partial charge is 0.481 e. The molecule has 0 saturated carbocycles. The summed E-state index contributed by atoms with van der Waals surface area (Å²) >= 11 is 18.0. The van der Waals surface area contributed by atoms with Crippen LogP contribution < -0.4 is 0 Å². The van der Waals surface area contributed by atoms with Crippen molar-refractivity contribution >= 4 is 40.8 Å². The van der Waals surface area contributed by atoms with Gasteiger partial charge in [0.25, 0.3) is 0 Å². The van der Waals surface area contributed by atoms with Crippen LogP contribution in [0, 0.1) is 0 Å². The summed E-state index contributed by atoms with van der Waals surface area (Å²) in [5.74, 6) is -0.817. The maximum absolute atomic E-state index is 10.4. The average Bonchev–Trinajstić information content (AvgIpc) is 2.30. The van der Waals surface area contributed by atoms with Crippen LogP contribution in [0.15, 0.2) is 18.2 Å². The number of hydrogen-bond acceptors (Lipinski definition) is 2. The van der Waals surface area contributed by atoms with Crippen LogP contribution in [0.3, 0.4) is 0 Å². The van der Waals surface area contributed by atoms with E-state index in [0.29, 0.717) is 23.1 Å². The van der Waals surface area contributed by atoms with Crippen LogP contribution in [0.2, 0.25) is 10.0 Å². The molecule has 0 amide bonds. The molecule has 0 bridgehead atoms. The van der Waals surface area contributed by atoms with Crippen molar-refractivity contribution in [2.24, 2.45) is 0 Å². The van der Waals surface area contributed by atoms with Crippen LogP contribution in [0.25, 0.3) is 0 Å². The SMILES string of the molecule is CN(CCC(=O)O)CC(Cl)c1ccc(Cl)c(Cl)c1. The minimum atomic E-state index is -0.817. The molecular weight excluding hydrogens is 296 g/mol. The number of rotatable bonds is 6. The van der Waals surface area contributed by atoms with Crippen molar-refractivity contribution < 1.29 is 9.90 Å². The Morgan fingerprint density at radius 1 is 1.39 bits per heavy atom. The Balaban J connectivity index is 2.56. The number of benzene rings is 1. The fraction of sp³-hybridized carbons (Fsp3) is 0.417. The number of nitrogens with zero attached hydrogens (tertiary/aromatic N) is 1. The second-order valence-corrected chi connectivity index (χ2v) is 5.39. The second kappa shape index (κ2) is 7.19. The van der Waals surface area contributed by atoms with Gasteiger partial charge in [-0.25, -0.2) is 0 Å². The molecular formula is C12H14Cl3NO2. The van der Waals surface area contributed by atoms with Crippen LogP contribution in [0.1, 0.15) is 17.4 Å². The topological polar surface area (TPSA) is 40.5 Å². The number of carbonyl (C=O) groups is 1. The number of aliphatic carboxylic acids is 1. The highest BCUT2D eigenvalue weighted by Crippen LogP contribution is 2.28. The van der Waals surface area contributed by atoms with Crippen LogP contribution in [-0.4, -0.2) is 36.1 Å². The van der Waals surface area contributed by atoms with Gasteiger partial charge in [-0.15, -0.1) is 11.6 Å². The lowest BCUT2D eigenvalue weighted by Crippen LogP contribution is -2.25. The minimum Gasteiger partial charge on any atom is -0.481 e. The van der Waals surface area contributed by atoms with Crippen molar-refractivity contribution in [3.8, 4) is 0 Å². The van der Waals surface area contributed by atoms with Gasteiger partial charge in [0.05, 0.1) is 21.8 Å². The summed E-state index contributed by atoms with van der Waals surface area (Å²) in [6.45, 7) is 1.01. The molecule has 18 heavy (non-hydrogen) atoms. The van der Waals surface area contributed by atoms with E-state index in [4.69, 9.17) is 39.9 Å².